The van der Waals surface area contributed by atoms with Crippen molar-refractivity contribution in [3.63, 3.8) is 0 Å². The summed E-state index contributed by atoms with van der Waals surface area (Å²) in [5.74, 6) is -0.0943. The monoisotopic (exact) mass is 862 g/mol. The number of nitrogens with zero attached hydrogens (tertiary/aromatic N) is 7. The smallest absolute Gasteiger partial charge is 0.246 e. The first-order valence-electron chi connectivity index (χ1n) is 21.4. The van der Waals surface area contributed by atoms with Gasteiger partial charge in [0, 0.05) is 61.9 Å². The Balaban J connectivity index is 0.866. The Labute approximate surface area is 366 Å². The van der Waals surface area contributed by atoms with Crippen molar-refractivity contribution in [3.8, 4) is 38.6 Å². The number of aromatic hydroxyl groups is 1. The number of nitrogens with one attached hydrogen (secondary N) is 2. The lowest BCUT2D eigenvalue weighted by Gasteiger charge is -2.35. The molecule has 5 aromatic rings. The van der Waals surface area contributed by atoms with Crippen LogP contribution in [-0.2, 0) is 27.5 Å². The number of nitrogen functional groups attached to an aromatic ring is 1. The standard InChI is InChI=1S/C46H58N10O5S/c1-29-41(62-28-49-29)32-16-14-30(15-17-32)22-48-44(60)38-20-34(57)27-56(38)45(61)42(46(2,3)4)51-40(59)13-7-8-18-54-19-9-10-31(24-54)25-55-26-33(23-50-55)36-21-37(52-53-43(36)47)35-11-5-6-12-39(35)58/h5-6,11-12,14-17,21,23,26,28,31,34,38,42,57-58H,7-10,13,18-20,22,24-25,27H2,1-4H3,(H2,47,53)(H,48,60)(H,51,59)/t31-,34+,38-,42+/m0/s1. The maximum absolute atomic E-state index is 14.1. The first kappa shape index (κ1) is 44.3. The van der Waals surface area contributed by atoms with Crippen LogP contribution in [0, 0.1) is 18.3 Å². The molecule has 0 saturated carbocycles. The zero-order valence-electron chi connectivity index (χ0n) is 36.0. The number of benzene rings is 2. The molecule has 62 heavy (non-hydrogen) atoms. The summed E-state index contributed by atoms with van der Waals surface area (Å²) < 4.78 is 1.95. The van der Waals surface area contributed by atoms with Crippen molar-refractivity contribution in [2.45, 2.75) is 97.5 Å². The Bertz CT molecular complexity index is 2340. The van der Waals surface area contributed by atoms with E-state index in [1.165, 1.54) is 4.90 Å². The Morgan fingerprint density at radius 2 is 1.81 bits per heavy atom. The van der Waals surface area contributed by atoms with Gasteiger partial charge in [0.1, 0.15) is 17.8 Å². The molecule has 16 heteroatoms. The minimum atomic E-state index is -0.866. The summed E-state index contributed by atoms with van der Waals surface area (Å²) in [6.07, 6.45) is 6.99. The van der Waals surface area contributed by atoms with Crippen LogP contribution in [0.3, 0.4) is 0 Å². The van der Waals surface area contributed by atoms with Crippen molar-refractivity contribution in [1.82, 2.24) is 45.4 Å². The molecule has 2 aliphatic rings. The fourth-order valence-electron chi connectivity index (χ4n) is 8.46. The van der Waals surface area contributed by atoms with Crippen LogP contribution in [0.4, 0.5) is 5.82 Å². The van der Waals surface area contributed by atoms with E-state index in [9.17, 15) is 24.6 Å². The molecule has 5 heterocycles. The molecule has 0 aliphatic carbocycles. The fraction of sp³-hybridized carbons (Fsp3) is 0.457. The van der Waals surface area contributed by atoms with Crippen molar-refractivity contribution in [2.24, 2.45) is 11.3 Å². The van der Waals surface area contributed by atoms with Crippen LogP contribution in [0.5, 0.6) is 5.75 Å². The van der Waals surface area contributed by atoms with E-state index >= 15 is 0 Å². The van der Waals surface area contributed by atoms with E-state index in [4.69, 9.17) is 5.73 Å². The van der Waals surface area contributed by atoms with Gasteiger partial charge >= 0.3 is 0 Å². The number of aliphatic hydroxyl groups is 1. The lowest BCUT2D eigenvalue weighted by molar-refractivity contribution is -0.144. The quantitative estimate of drug-likeness (QED) is 0.0842. The molecule has 6 N–H and O–H groups in total. The number of thiazole rings is 1. The van der Waals surface area contributed by atoms with Crippen LogP contribution in [-0.4, -0.2) is 107 Å². The second-order valence-corrected chi connectivity index (χ2v) is 18.6. The van der Waals surface area contributed by atoms with Crippen molar-refractivity contribution in [3.05, 3.63) is 83.8 Å². The molecule has 328 valence electrons. The molecule has 0 spiro atoms. The van der Waals surface area contributed by atoms with Crippen LogP contribution < -0.4 is 16.4 Å². The highest BCUT2D eigenvalue weighted by atomic mass is 32.1. The summed E-state index contributed by atoms with van der Waals surface area (Å²) in [6.45, 7) is 11.5. The molecule has 2 aliphatic heterocycles. The number of aryl methyl sites for hydroxylation is 1. The van der Waals surface area contributed by atoms with E-state index < -0.39 is 23.6 Å². The number of likely N-dealkylation sites (tertiary alicyclic amines) is 2. The number of hydrogen-bond acceptors (Lipinski definition) is 12. The minimum absolute atomic E-state index is 0.0270. The molecular formula is C46H58N10O5S. The van der Waals surface area contributed by atoms with E-state index in [0.717, 1.165) is 72.7 Å². The van der Waals surface area contributed by atoms with Gasteiger partial charge in [0.05, 0.1) is 34.1 Å². The van der Waals surface area contributed by atoms with Gasteiger partial charge in [0.15, 0.2) is 5.82 Å². The number of amides is 3. The Hall–Kier alpha value is -5.71. The molecule has 0 bridgehead atoms. The molecule has 7 rings (SSSR count). The van der Waals surface area contributed by atoms with Gasteiger partial charge in [-0.3, -0.25) is 19.1 Å². The number of aliphatic hydroxyl groups excluding tert-OH is 1. The molecule has 2 fully saturated rings. The Morgan fingerprint density at radius 3 is 2.55 bits per heavy atom. The second-order valence-electron chi connectivity index (χ2n) is 17.7. The molecule has 0 unspecified atom stereocenters. The van der Waals surface area contributed by atoms with E-state index in [-0.39, 0.29) is 49.4 Å². The lowest BCUT2D eigenvalue weighted by Crippen LogP contribution is -2.57. The van der Waals surface area contributed by atoms with Crippen LogP contribution in [0.1, 0.15) is 70.6 Å². The van der Waals surface area contributed by atoms with Crippen LogP contribution >= 0.6 is 11.3 Å². The number of β-amino-alcohol motifs (C(OH)–C–C–N with tert-alkyl or cyclic N) is 1. The molecule has 2 aromatic carbocycles. The number of phenolic OH excluding ortho intramolecular Hbond substituents is 1. The number of piperidine rings is 1. The number of rotatable bonds is 15. The fourth-order valence-corrected chi connectivity index (χ4v) is 9.27. The summed E-state index contributed by atoms with van der Waals surface area (Å²) in [7, 11) is 0. The maximum Gasteiger partial charge on any atom is 0.246 e. The normalized spacial score (nSPS) is 18.7. The molecule has 3 amide bonds. The number of hydrogen-bond donors (Lipinski definition) is 5. The van der Waals surface area contributed by atoms with Crippen LogP contribution in [0.2, 0.25) is 0 Å². The molecule has 2 saturated heterocycles. The summed E-state index contributed by atoms with van der Waals surface area (Å²) in [5.41, 5.74) is 13.0. The van der Waals surface area contributed by atoms with Gasteiger partial charge in [-0.15, -0.1) is 21.5 Å². The van der Waals surface area contributed by atoms with Crippen molar-refractivity contribution < 1.29 is 24.6 Å². The van der Waals surface area contributed by atoms with Crippen molar-refractivity contribution in [2.75, 3.05) is 31.9 Å². The third-order valence-electron chi connectivity index (χ3n) is 11.8. The average molecular weight is 863 g/mol. The molecule has 0 radical (unpaired) electrons. The summed E-state index contributed by atoms with van der Waals surface area (Å²) >= 11 is 1.58. The number of carbonyl (C=O) groups excluding carboxylic acids is 3. The van der Waals surface area contributed by atoms with Gasteiger partial charge in [-0.25, -0.2) is 4.98 Å². The summed E-state index contributed by atoms with van der Waals surface area (Å²) in [4.78, 5) is 50.2. The SMILES string of the molecule is Cc1ncsc1-c1ccc(CNC(=O)[C@@H]2C[C@@H](O)CN2C(=O)[C@@H](NC(=O)CCCCN2CCC[C@H](Cn3cc(-c4cc(-c5ccccc5O)nnc4N)cn3)C2)C(C)(C)C)cc1. The number of nitrogens with two attached hydrogens (primary N) is 1. The van der Waals surface area contributed by atoms with E-state index in [0.29, 0.717) is 35.0 Å². The first-order valence-corrected chi connectivity index (χ1v) is 22.3. The number of para-hydroxylation sites is 1. The highest BCUT2D eigenvalue weighted by Gasteiger charge is 2.44. The van der Waals surface area contributed by atoms with Gasteiger partial charge in [-0.05, 0) is 86.4 Å². The van der Waals surface area contributed by atoms with Gasteiger partial charge in [0.25, 0.3) is 0 Å². The lowest BCUT2D eigenvalue weighted by atomic mass is 9.85. The first-order chi connectivity index (χ1) is 29.7. The number of anilines is 1. The van der Waals surface area contributed by atoms with E-state index in [1.54, 1.807) is 35.7 Å². The number of unbranched alkanes of at least 4 members (excludes halogenated alkanes) is 1. The molecular weight excluding hydrogens is 805 g/mol. The van der Waals surface area contributed by atoms with Crippen LogP contribution in [0.25, 0.3) is 32.8 Å². The van der Waals surface area contributed by atoms with Gasteiger partial charge in [-0.2, -0.15) is 5.10 Å². The number of aromatic nitrogens is 5. The zero-order chi connectivity index (χ0) is 44.0. The molecule has 3 aromatic heterocycles. The van der Waals surface area contributed by atoms with E-state index in [1.807, 2.05) is 80.5 Å². The largest absolute Gasteiger partial charge is 0.507 e. The molecule has 15 nitrogen and oxygen atoms in total. The van der Waals surface area contributed by atoms with Gasteiger partial charge < -0.3 is 36.4 Å². The number of phenols is 1. The third-order valence-corrected chi connectivity index (χ3v) is 12.8. The summed E-state index contributed by atoms with van der Waals surface area (Å²) in [5, 5.41) is 39.9. The van der Waals surface area contributed by atoms with Gasteiger partial charge in [0.2, 0.25) is 17.7 Å². The van der Waals surface area contributed by atoms with E-state index in [2.05, 4.69) is 35.8 Å². The predicted octanol–water partition coefficient (Wildman–Crippen LogP) is 5.42. The predicted molar refractivity (Wildman–Crippen MR) is 239 cm³/mol. The average Bonchev–Trinajstić information content (AvgIpc) is 4.01. The Morgan fingerprint density at radius 1 is 1.02 bits per heavy atom. The second kappa shape index (κ2) is 19.6. The topological polar surface area (TPSA) is 205 Å². The Kier molecular flexibility index (Phi) is 14.0. The maximum atomic E-state index is 14.1. The van der Waals surface area contributed by atoms with Crippen molar-refractivity contribution >= 4 is 34.9 Å². The molecule has 4 atom stereocenters. The summed E-state index contributed by atoms with van der Waals surface area (Å²) in [6, 6.07) is 15.0. The minimum Gasteiger partial charge on any atom is -0.507 e. The van der Waals surface area contributed by atoms with Crippen molar-refractivity contribution in [1.29, 1.82) is 0 Å². The third kappa shape index (κ3) is 10.8. The van der Waals surface area contributed by atoms with Crippen LogP contribution in [0.15, 0.2) is 72.5 Å². The zero-order valence-corrected chi connectivity index (χ0v) is 36.8. The highest BCUT2D eigenvalue weighted by molar-refractivity contribution is 7.13. The number of carbonyl (C=O) groups is 3. The van der Waals surface area contributed by atoms with Gasteiger partial charge in [-0.1, -0.05) is 57.2 Å². The highest BCUT2D eigenvalue weighted by Crippen LogP contribution is 2.33.